The van der Waals surface area contributed by atoms with Gasteiger partial charge < -0.3 is 19.3 Å². The molecule has 40 heavy (non-hydrogen) atoms. The zero-order valence-electron chi connectivity index (χ0n) is 23.3. The Kier molecular flexibility index (Phi) is 9.05. The summed E-state index contributed by atoms with van der Waals surface area (Å²) in [6, 6.07) is 12.6. The molecule has 10 nitrogen and oxygen atoms in total. The van der Waals surface area contributed by atoms with Gasteiger partial charge in [0.05, 0.1) is 18.4 Å². The van der Waals surface area contributed by atoms with Crippen LogP contribution >= 0.6 is 0 Å². The van der Waals surface area contributed by atoms with E-state index in [0.29, 0.717) is 41.5 Å². The highest BCUT2D eigenvalue weighted by Gasteiger charge is 2.20. The molecule has 0 unspecified atom stereocenters. The van der Waals surface area contributed by atoms with E-state index in [1.807, 2.05) is 32.0 Å². The Labute approximate surface area is 235 Å². The summed E-state index contributed by atoms with van der Waals surface area (Å²) >= 11 is 0. The van der Waals surface area contributed by atoms with Gasteiger partial charge in [-0.2, -0.15) is 20.1 Å². The first-order chi connectivity index (χ1) is 19.6. The van der Waals surface area contributed by atoms with Crippen LogP contribution in [0.25, 0.3) is 0 Å². The molecule has 2 aliphatic heterocycles. The minimum absolute atomic E-state index is 0.354. The van der Waals surface area contributed by atoms with Crippen molar-refractivity contribution in [2.24, 2.45) is 5.10 Å². The lowest BCUT2D eigenvalue weighted by molar-refractivity contribution is 0.0728. The van der Waals surface area contributed by atoms with Gasteiger partial charge in [0.25, 0.3) is 0 Å². The molecule has 2 aliphatic rings. The van der Waals surface area contributed by atoms with Crippen molar-refractivity contribution in [1.29, 1.82) is 0 Å². The summed E-state index contributed by atoms with van der Waals surface area (Å²) in [4.78, 5) is 31.3. The van der Waals surface area contributed by atoms with Crippen LogP contribution in [0.2, 0.25) is 0 Å². The number of hydrazone groups is 1. The number of piperidine rings is 2. The third-order valence-electron chi connectivity index (χ3n) is 7.03. The highest BCUT2D eigenvalue weighted by molar-refractivity contribution is 5.91. The zero-order chi connectivity index (χ0) is 27.7. The second kappa shape index (κ2) is 13.2. The number of rotatable bonds is 9. The highest BCUT2D eigenvalue weighted by atomic mass is 16.6. The molecule has 2 fully saturated rings. The summed E-state index contributed by atoms with van der Waals surface area (Å²) in [7, 11) is 0. The molecule has 2 aromatic carbocycles. The van der Waals surface area contributed by atoms with Gasteiger partial charge in [0, 0.05) is 26.2 Å². The number of anilines is 3. The van der Waals surface area contributed by atoms with Crippen LogP contribution in [0, 0.1) is 6.92 Å². The van der Waals surface area contributed by atoms with Crippen LogP contribution in [0.4, 0.5) is 17.8 Å². The van der Waals surface area contributed by atoms with E-state index >= 15 is 0 Å². The number of carbonyl (C=O) groups excluding carboxylic acids is 1. The van der Waals surface area contributed by atoms with Crippen LogP contribution in [0.15, 0.2) is 47.6 Å². The Morgan fingerprint density at radius 3 is 2.10 bits per heavy atom. The van der Waals surface area contributed by atoms with Crippen molar-refractivity contribution in [3.8, 4) is 11.5 Å². The second-order valence-electron chi connectivity index (χ2n) is 10.1. The normalized spacial score (nSPS) is 15.8. The van der Waals surface area contributed by atoms with E-state index in [4.69, 9.17) is 14.5 Å². The molecule has 210 valence electrons. The molecule has 1 N–H and O–H groups in total. The lowest BCUT2D eigenvalue weighted by Crippen LogP contribution is -2.34. The average Bonchev–Trinajstić information content (AvgIpc) is 2.99. The number of benzene rings is 2. The molecular formula is C30H37N7O3. The topological polar surface area (TPSA) is 105 Å². The zero-order valence-corrected chi connectivity index (χ0v) is 23.3. The maximum atomic E-state index is 12.6. The molecule has 0 atom stereocenters. The lowest BCUT2D eigenvalue weighted by atomic mass is 10.1. The van der Waals surface area contributed by atoms with Crippen molar-refractivity contribution in [2.75, 3.05) is 48.0 Å². The van der Waals surface area contributed by atoms with E-state index in [-0.39, 0.29) is 0 Å². The first-order valence-corrected chi connectivity index (χ1v) is 14.2. The molecule has 0 amide bonds. The molecule has 1 aromatic heterocycles. The minimum Gasteiger partial charge on any atom is -0.490 e. The largest absolute Gasteiger partial charge is 0.490 e. The molecule has 5 rings (SSSR count). The van der Waals surface area contributed by atoms with Crippen molar-refractivity contribution in [3.63, 3.8) is 0 Å². The number of aromatic nitrogens is 3. The summed E-state index contributed by atoms with van der Waals surface area (Å²) in [6.07, 6.45) is 8.72. The predicted molar refractivity (Wildman–Crippen MR) is 157 cm³/mol. The van der Waals surface area contributed by atoms with Crippen molar-refractivity contribution in [3.05, 3.63) is 59.2 Å². The number of carbonyl (C=O) groups is 1. The number of hydrogen-bond donors (Lipinski definition) is 1. The third kappa shape index (κ3) is 7.05. The predicted octanol–water partition coefficient (Wildman–Crippen LogP) is 5.22. The fraction of sp³-hybridized carbons (Fsp3) is 0.433. The van der Waals surface area contributed by atoms with Gasteiger partial charge in [-0.05, 0) is 88.3 Å². The highest BCUT2D eigenvalue weighted by Crippen LogP contribution is 2.29. The van der Waals surface area contributed by atoms with Gasteiger partial charge in [0.1, 0.15) is 0 Å². The summed E-state index contributed by atoms with van der Waals surface area (Å²) in [6.45, 7) is 8.09. The van der Waals surface area contributed by atoms with E-state index < -0.39 is 5.97 Å². The van der Waals surface area contributed by atoms with Gasteiger partial charge in [-0.3, -0.25) is 0 Å². The van der Waals surface area contributed by atoms with Gasteiger partial charge in [-0.1, -0.05) is 17.7 Å². The standard InChI is InChI=1S/C30H37N7O3/c1-3-39-26-20-23(12-15-25(26)40-27(38)24-13-10-22(2)11-14-24)21-31-35-28-32-29(36-16-6-4-7-17-36)34-30(33-28)37-18-8-5-9-19-37/h10-15,20-21H,3-9,16-19H2,1-2H3,(H,32,33,34,35)/b31-21-. The van der Waals surface area contributed by atoms with Crippen LogP contribution < -0.4 is 24.7 Å². The van der Waals surface area contributed by atoms with Crippen LogP contribution in [-0.4, -0.2) is 59.9 Å². The van der Waals surface area contributed by atoms with Crippen molar-refractivity contribution < 1.29 is 14.3 Å². The molecule has 3 heterocycles. The Bertz CT molecular complexity index is 1280. The van der Waals surface area contributed by atoms with E-state index in [9.17, 15) is 4.79 Å². The molecule has 0 spiro atoms. The summed E-state index contributed by atoms with van der Waals surface area (Å²) in [5.74, 6) is 2.20. The molecule has 2 saturated heterocycles. The number of aryl methyl sites for hydroxylation is 1. The molecule has 0 bridgehead atoms. The number of nitrogens with one attached hydrogen (secondary N) is 1. The fourth-order valence-electron chi connectivity index (χ4n) is 4.85. The van der Waals surface area contributed by atoms with Crippen LogP contribution in [0.1, 0.15) is 66.9 Å². The van der Waals surface area contributed by atoms with E-state index in [1.54, 1.807) is 30.5 Å². The molecule has 3 aromatic rings. The smallest absolute Gasteiger partial charge is 0.343 e. The number of hydrogen-bond acceptors (Lipinski definition) is 10. The van der Waals surface area contributed by atoms with Crippen molar-refractivity contribution in [1.82, 2.24) is 15.0 Å². The molecule has 0 saturated carbocycles. The average molecular weight is 544 g/mol. The van der Waals surface area contributed by atoms with Gasteiger partial charge in [-0.15, -0.1) is 0 Å². The first-order valence-electron chi connectivity index (χ1n) is 14.2. The number of nitrogens with zero attached hydrogens (tertiary/aromatic N) is 6. The fourth-order valence-corrected chi connectivity index (χ4v) is 4.85. The van der Waals surface area contributed by atoms with Gasteiger partial charge in [0.15, 0.2) is 11.5 Å². The third-order valence-corrected chi connectivity index (χ3v) is 7.03. The molecule has 0 radical (unpaired) electrons. The minimum atomic E-state index is -0.437. The maximum absolute atomic E-state index is 12.6. The summed E-state index contributed by atoms with van der Waals surface area (Å²) < 4.78 is 11.4. The van der Waals surface area contributed by atoms with Crippen molar-refractivity contribution >= 4 is 30.0 Å². The van der Waals surface area contributed by atoms with Crippen LogP contribution in [-0.2, 0) is 0 Å². The monoisotopic (exact) mass is 543 g/mol. The summed E-state index contributed by atoms with van der Waals surface area (Å²) in [5.41, 5.74) is 5.33. The van der Waals surface area contributed by atoms with E-state index in [2.05, 4.69) is 30.3 Å². The number of ether oxygens (including phenoxy) is 2. The van der Waals surface area contributed by atoms with Crippen LogP contribution in [0.3, 0.4) is 0 Å². The Morgan fingerprint density at radius 2 is 1.50 bits per heavy atom. The number of esters is 1. The quantitative estimate of drug-likeness (QED) is 0.168. The molecular weight excluding hydrogens is 506 g/mol. The Hall–Kier alpha value is -4.21. The van der Waals surface area contributed by atoms with Gasteiger partial charge in [0.2, 0.25) is 17.8 Å². The first kappa shape index (κ1) is 27.4. The SMILES string of the molecule is CCOc1cc(/C=N\Nc2nc(N3CCCCC3)nc(N3CCCCC3)n2)ccc1OC(=O)c1ccc(C)cc1. The lowest BCUT2D eigenvalue weighted by Gasteiger charge is -2.30. The van der Waals surface area contributed by atoms with E-state index in [1.165, 1.54) is 12.8 Å². The summed E-state index contributed by atoms with van der Waals surface area (Å²) in [5, 5.41) is 4.40. The Morgan fingerprint density at radius 1 is 0.875 bits per heavy atom. The molecule has 0 aliphatic carbocycles. The molecule has 10 heteroatoms. The van der Waals surface area contributed by atoms with E-state index in [0.717, 1.165) is 63.0 Å². The van der Waals surface area contributed by atoms with Gasteiger partial charge >= 0.3 is 5.97 Å². The Balaban J connectivity index is 1.31. The maximum Gasteiger partial charge on any atom is 0.343 e. The van der Waals surface area contributed by atoms with Crippen molar-refractivity contribution in [2.45, 2.75) is 52.4 Å². The van der Waals surface area contributed by atoms with Gasteiger partial charge in [-0.25, -0.2) is 10.2 Å². The second-order valence-corrected chi connectivity index (χ2v) is 10.1. The van der Waals surface area contributed by atoms with Crippen LogP contribution in [0.5, 0.6) is 11.5 Å².